The van der Waals surface area contributed by atoms with E-state index in [0.29, 0.717) is 12.8 Å². The first-order chi connectivity index (χ1) is 18.0. The predicted molar refractivity (Wildman–Crippen MR) is 132 cm³/mol. The highest BCUT2D eigenvalue weighted by Gasteiger charge is 2.88. The molecule has 1 N–H and O–H groups in total. The molecular weight excluding hydrogens is 512 g/mol. The fraction of sp³-hybridized carbons (Fsp3) is 0.857. The van der Waals surface area contributed by atoms with E-state index >= 15 is 0 Å². The van der Waals surface area contributed by atoms with E-state index in [-0.39, 0.29) is 13.0 Å². The highest BCUT2D eigenvalue weighted by Crippen LogP contribution is 2.75. The van der Waals surface area contributed by atoms with Crippen LogP contribution in [0.2, 0.25) is 0 Å². The number of ether oxygens (including phenoxy) is 6. The van der Waals surface area contributed by atoms with Crippen molar-refractivity contribution in [2.45, 2.75) is 117 Å². The summed E-state index contributed by atoms with van der Waals surface area (Å²) in [6.45, 7) is 13.2. The number of epoxide rings is 1. The van der Waals surface area contributed by atoms with Crippen LogP contribution in [0, 0.1) is 28.1 Å². The summed E-state index contributed by atoms with van der Waals surface area (Å²) in [5, 5.41) is 13.0. The van der Waals surface area contributed by atoms with Gasteiger partial charge in [-0.2, -0.15) is 0 Å². The van der Waals surface area contributed by atoms with Gasteiger partial charge >= 0.3 is 23.9 Å². The molecule has 11 heteroatoms. The van der Waals surface area contributed by atoms with Gasteiger partial charge in [0.2, 0.25) is 6.29 Å². The monoisotopic (exact) mass is 552 g/mol. The molecule has 2 aliphatic heterocycles. The highest BCUT2D eigenvalue weighted by atomic mass is 16.8. The van der Waals surface area contributed by atoms with E-state index < -0.39 is 93.9 Å². The van der Waals surface area contributed by atoms with E-state index in [1.54, 1.807) is 13.8 Å². The fourth-order valence-electron chi connectivity index (χ4n) is 9.19. The third-order valence-electron chi connectivity index (χ3n) is 10.8. The van der Waals surface area contributed by atoms with Gasteiger partial charge < -0.3 is 33.5 Å². The Morgan fingerprint density at radius 3 is 2.13 bits per heavy atom. The van der Waals surface area contributed by atoms with Gasteiger partial charge in [-0.1, -0.05) is 20.8 Å². The van der Waals surface area contributed by atoms with Crippen molar-refractivity contribution in [1.29, 1.82) is 0 Å². The zero-order chi connectivity index (χ0) is 28.9. The Hall–Kier alpha value is -2.24. The predicted octanol–water partition coefficient (Wildman–Crippen LogP) is 2.05. The Balaban J connectivity index is 1.82. The normalized spacial score (nSPS) is 48.8. The third-order valence-corrected chi connectivity index (χ3v) is 10.8. The van der Waals surface area contributed by atoms with Gasteiger partial charge in [-0.3, -0.25) is 19.2 Å². The molecule has 1 spiro atoms. The molecule has 0 amide bonds. The molecule has 5 unspecified atom stereocenters. The molecule has 2 heterocycles. The van der Waals surface area contributed by atoms with Crippen molar-refractivity contribution in [3.05, 3.63) is 0 Å². The van der Waals surface area contributed by atoms with Gasteiger partial charge in [0, 0.05) is 38.7 Å². The summed E-state index contributed by atoms with van der Waals surface area (Å²) in [6, 6.07) is 0. The van der Waals surface area contributed by atoms with E-state index in [2.05, 4.69) is 0 Å². The molecule has 39 heavy (non-hydrogen) atoms. The number of carbonyl (C=O) groups is 4. The van der Waals surface area contributed by atoms with E-state index in [1.165, 1.54) is 20.8 Å². The molecule has 3 saturated carbocycles. The van der Waals surface area contributed by atoms with Crippen LogP contribution in [0.4, 0.5) is 0 Å². The third kappa shape index (κ3) is 3.38. The number of hydrogen-bond acceptors (Lipinski definition) is 11. The van der Waals surface area contributed by atoms with Crippen molar-refractivity contribution in [2.75, 3.05) is 6.61 Å². The van der Waals surface area contributed by atoms with Gasteiger partial charge in [0.15, 0.2) is 6.10 Å². The number of fused-ring (bicyclic) bond motifs is 5. The van der Waals surface area contributed by atoms with Crippen LogP contribution in [-0.4, -0.2) is 77.5 Å². The summed E-state index contributed by atoms with van der Waals surface area (Å²) in [6.07, 6.45) is -3.55. The second-order valence-electron chi connectivity index (χ2n) is 12.9. The zero-order valence-electron chi connectivity index (χ0n) is 23.9. The van der Waals surface area contributed by atoms with Crippen LogP contribution in [-0.2, 0) is 47.6 Å². The van der Waals surface area contributed by atoms with Gasteiger partial charge in [-0.25, -0.2) is 0 Å². The van der Waals surface area contributed by atoms with Gasteiger partial charge in [0.05, 0.1) is 5.60 Å². The van der Waals surface area contributed by atoms with Crippen molar-refractivity contribution in [2.24, 2.45) is 28.1 Å². The maximum Gasteiger partial charge on any atom is 0.320 e. The van der Waals surface area contributed by atoms with Crippen LogP contribution in [0.1, 0.15) is 74.7 Å². The molecule has 3 aliphatic carbocycles. The Labute approximate surface area is 228 Å². The van der Waals surface area contributed by atoms with E-state index in [4.69, 9.17) is 28.4 Å². The minimum absolute atomic E-state index is 0.172. The summed E-state index contributed by atoms with van der Waals surface area (Å²) >= 11 is 0. The van der Waals surface area contributed by atoms with Crippen molar-refractivity contribution in [3.63, 3.8) is 0 Å². The van der Waals surface area contributed by atoms with Gasteiger partial charge in [0.1, 0.15) is 29.3 Å². The molecule has 11 atom stereocenters. The summed E-state index contributed by atoms with van der Waals surface area (Å²) in [7, 11) is 0. The van der Waals surface area contributed by atoms with E-state index in [0.717, 1.165) is 0 Å². The SMILES string of the molecule is CCO[C@]1(C)C2C(CC13C(=O)OC1OC13)[C@@]1(C)[C@@H](OC(C)=O)CCC(C)(C)[C@]1(O)[C@@H](OC(C)=O)[C@@H]2OC(C)=O. The average Bonchev–Trinajstić information content (AvgIpc) is 3.44. The summed E-state index contributed by atoms with van der Waals surface area (Å²) in [5.74, 6) is -3.65. The van der Waals surface area contributed by atoms with Crippen LogP contribution in [0.3, 0.4) is 0 Å². The van der Waals surface area contributed by atoms with Crippen LogP contribution in [0.15, 0.2) is 0 Å². The fourth-order valence-corrected chi connectivity index (χ4v) is 9.19. The molecule has 5 fully saturated rings. The molecule has 0 radical (unpaired) electrons. The summed E-state index contributed by atoms with van der Waals surface area (Å²) < 4.78 is 35.6. The Kier molecular flexibility index (Phi) is 6.26. The molecule has 0 aromatic heterocycles. The molecule has 5 rings (SSSR count). The van der Waals surface area contributed by atoms with Crippen LogP contribution in [0.5, 0.6) is 0 Å². The Morgan fingerprint density at radius 1 is 1.00 bits per heavy atom. The molecular formula is C28H40O11. The number of hydrogen-bond donors (Lipinski definition) is 1. The molecule has 0 aromatic rings. The molecule has 11 nitrogen and oxygen atoms in total. The summed E-state index contributed by atoms with van der Waals surface area (Å²) in [4.78, 5) is 51.2. The molecule has 2 saturated heterocycles. The highest BCUT2D eigenvalue weighted by molar-refractivity contribution is 5.84. The van der Waals surface area contributed by atoms with Gasteiger partial charge in [-0.05, 0) is 44.4 Å². The number of rotatable bonds is 5. The van der Waals surface area contributed by atoms with E-state index in [9.17, 15) is 24.3 Å². The Morgan fingerprint density at radius 2 is 1.62 bits per heavy atom. The maximum absolute atomic E-state index is 13.7. The lowest BCUT2D eigenvalue weighted by molar-refractivity contribution is -0.341. The second kappa shape index (κ2) is 8.63. The molecule has 5 aliphatic rings. The van der Waals surface area contributed by atoms with Gasteiger partial charge in [0.25, 0.3) is 0 Å². The quantitative estimate of drug-likeness (QED) is 0.304. The largest absolute Gasteiger partial charge is 0.462 e. The van der Waals surface area contributed by atoms with Crippen LogP contribution in [0.25, 0.3) is 0 Å². The van der Waals surface area contributed by atoms with Crippen molar-refractivity contribution >= 4 is 23.9 Å². The van der Waals surface area contributed by atoms with Crippen LogP contribution >= 0.6 is 0 Å². The van der Waals surface area contributed by atoms with E-state index in [1.807, 2.05) is 20.8 Å². The van der Waals surface area contributed by atoms with Crippen molar-refractivity contribution in [1.82, 2.24) is 0 Å². The van der Waals surface area contributed by atoms with Gasteiger partial charge in [-0.15, -0.1) is 0 Å². The average molecular weight is 553 g/mol. The van der Waals surface area contributed by atoms with Crippen molar-refractivity contribution < 1.29 is 52.7 Å². The number of esters is 4. The molecule has 0 bridgehead atoms. The topological polar surface area (TPSA) is 147 Å². The molecule has 218 valence electrons. The lowest BCUT2D eigenvalue weighted by atomic mass is 9.41. The standard InChI is InChI=1S/C28H40O11/c1-9-34-26(8)18-16(12-27(26)21-22(38-21)39-23(27)32)25(7)17(35-13(2)29)10-11-24(5,6)28(25,33)20(37-15(4)31)19(18)36-14(3)30/h16-22,33H,9-12H2,1-8H3/t16?,17-,18?,19+,20-,21?,22?,25-,26+,27?,28+/m0/s1. The lowest BCUT2D eigenvalue weighted by Gasteiger charge is -2.68. The number of aliphatic hydroxyl groups is 1. The first kappa shape index (κ1) is 28.3. The van der Waals surface area contributed by atoms with Crippen molar-refractivity contribution in [3.8, 4) is 0 Å². The number of carbonyl (C=O) groups excluding carboxylic acids is 4. The summed E-state index contributed by atoms with van der Waals surface area (Å²) in [5.41, 5.74) is -6.55. The first-order valence-corrected chi connectivity index (χ1v) is 13.8. The van der Waals surface area contributed by atoms with Crippen LogP contribution < -0.4 is 0 Å². The minimum atomic E-state index is -1.84. The smallest absolute Gasteiger partial charge is 0.320 e. The minimum Gasteiger partial charge on any atom is -0.462 e. The maximum atomic E-state index is 13.7. The zero-order valence-corrected chi connectivity index (χ0v) is 23.9. The molecule has 0 aromatic carbocycles. The first-order valence-electron chi connectivity index (χ1n) is 13.8. The Bertz CT molecular complexity index is 1100. The second-order valence-corrected chi connectivity index (χ2v) is 12.9. The lowest BCUT2D eigenvalue weighted by Crippen LogP contribution is -2.80.